The van der Waals surface area contributed by atoms with Crippen LogP contribution in [0.15, 0.2) is 24.6 Å². The maximum absolute atomic E-state index is 12.5. The van der Waals surface area contributed by atoms with E-state index in [-0.39, 0.29) is 17.7 Å². The van der Waals surface area contributed by atoms with Gasteiger partial charge >= 0.3 is 5.97 Å². The molecule has 1 N–H and O–H groups in total. The molecule has 0 fully saturated rings. The lowest BCUT2D eigenvalue weighted by atomic mass is 9.70. The summed E-state index contributed by atoms with van der Waals surface area (Å²) in [5.41, 5.74) is -0.260. The Hall–Kier alpha value is -1.12. The van der Waals surface area contributed by atoms with Crippen molar-refractivity contribution in [1.82, 2.24) is 0 Å². The van der Waals surface area contributed by atoms with E-state index in [1.807, 2.05) is 0 Å². The molecule has 1 rings (SSSR count). The first kappa shape index (κ1) is 9.96. The number of halogens is 1. The molecule has 72 valence electrons. The first-order valence-corrected chi connectivity index (χ1v) is 4.28. The Labute approximate surface area is 76.8 Å². The van der Waals surface area contributed by atoms with Crippen LogP contribution >= 0.6 is 0 Å². The summed E-state index contributed by atoms with van der Waals surface area (Å²) in [7, 11) is 0. The molecule has 0 saturated heterocycles. The number of carboxylic acids is 1. The third-order valence-electron chi connectivity index (χ3n) is 2.37. The molecule has 0 amide bonds. The average Bonchev–Trinajstić information content (AvgIpc) is 1.98. The van der Waals surface area contributed by atoms with E-state index < -0.39 is 5.97 Å². The van der Waals surface area contributed by atoms with Gasteiger partial charge < -0.3 is 5.11 Å². The van der Waals surface area contributed by atoms with Crippen LogP contribution in [0.2, 0.25) is 0 Å². The monoisotopic (exact) mass is 184 g/mol. The Kier molecular flexibility index (Phi) is 2.86. The summed E-state index contributed by atoms with van der Waals surface area (Å²) in [4.78, 5) is 10.3. The topological polar surface area (TPSA) is 37.3 Å². The molecule has 0 aromatic carbocycles. The third-order valence-corrected chi connectivity index (χ3v) is 2.37. The fourth-order valence-corrected chi connectivity index (χ4v) is 1.68. The molecule has 0 aromatic rings. The number of rotatable bonds is 5. The molecule has 0 radical (unpaired) electrons. The van der Waals surface area contributed by atoms with Crippen LogP contribution in [0.5, 0.6) is 0 Å². The van der Waals surface area contributed by atoms with Gasteiger partial charge in [0.15, 0.2) is 0 Å². The molecule has 0 heterocycles. The Bertz CT molecular complexity index is 258. The molecular formula is C10H13FO2. The van der Waals surface area contributed by atoms with Gasteiger partial charge in [0.25, 0.3) is 0 Å². The van der Waals surface area contributed by atoms with Gasteiger partial charge in [-0.2, -0.15) is 0 Å². The van der Waals surface area contributed by atoms with E-state index in [4.69, 9.17) is 5.11 Å². The molecular weight excluding hydrogens is 171 g/mol. The van der Waals surface area contributed by atoms with E-state index in [1.165, 1.54) is 6.08 Å². The fourth-order valence-electron chi connectivity index (χ4n) is 1.68. The minimum absolute atomic E-state index is 0.0949. The quantitative estimate of drug-likeness (QED) is 0.667. The molecule has 1 atom stereocenters. The van der Waals surface area contributed by atoms with Crippen LogP contribution in [-0.2, 0) is 4.79 Å². The fraction of sp³-hybridized carbons (Fsp3) is 0.500. The number of carbonyl (C=O) groups is 1. The minimum Gasteiger partial charge on any atom is -0.481 e. The van der Waals surface area contributed by atoms with E-state index in [1.54, 1.807) is 6.08 Å². The zero-order chi connectivity index (χ0) is 9.90. The van der Waals surface area contributed by atoms with Crippen LogP contribution < -0.4 is 0 Å². The highest BCUT2D eigenvalue weighted by atomic mass is 19.1. The molecule has 0 spiro atoms. The smallest absolute Gasteiger partial charge is 0.303 e. The summed E-state index contributed by atoms with van der Waals surface area (Å²) in [6.45, 7) is 3.58. The lowest BCUT2D eigenvalue weighted by molar-refractivity contribution is -0.137. The van der Waals surface area contributed by atoms with Crippen LogP contribution in [0.3, 0.4) is 0 Å². The zero-order valence-corrected chi connectivity index (χ0v) is 7.42. The second-order valence-corrected chi connectivity index (χ2v) is 3.52. The third kappa shape index (κ3) is 2.41. The van der Waals surface area contributed by atoms with E-state index in [0.29, 0.717) is 19.3 Å². The number of hydrogen-bond donors (Lipinski definition) is 1. The zero-order valence-electron chi connectivity index (χ0n) is 7.42. The predicted molar refractivity (Wildman–Crippen MR) is 47.9 cm³/mol. The maximum atomic E-state index is 12.5. The number of aliphatic carboxylic acids is 1. The van der Waals surface area contributed by atoms with Gasteiger partial charge in [-0.25, -0.2) is 4.39 Å². The first-order chi connectivity index (χ1) is 6.08. The molecule has 1 unspecified atom stereocenters. The minimum atomic E-state index is -0.829. The largest absolute Gasteiger partial charge is 0.481 e. The molecule has 0 aliphatic heterocycles. The van der Waals surface area contributed by atoms with E-state index in [0.717, 1.165) is 0 Å². The first-order valence-electron chi connectivity index (χ1n) is 4.28. The van der Waals surface area contributed by atoms with Gasteiger partial charge in [-0.1, -0.05) is 6.08 Å². The van der Waals surface area contributed by atoms with Crippen molar-refractivity contribution in [3.63, 3.8) is 0 Å². The molecule has 3 heteroatoms. The van der Waals surface area contributed by atoms with Crippen molar-refractivity contribution in [2.24, 2.45) is 5.41 Å². The Morgan fingerprint density at radius 3 is 2.85 bits per heavy atom. The predicted octanol–water partition coefficient (Wildman–Crippen LogP) is 2.67. The highest BCUT2D eigenvalue weighted by molar-refractivity contribution is 5.66. The Balaban J connectivity index is 2.50. The van der Waals surface area contributed by atoms with Crippen LogP contribution in [-0.4, -0.2) is 11.1 Å². The van der Waals surface area contributed by atoms with Crippen molar-refractivity contribution in [2.75, 3.05) is 0 Å². The van der Waals surface area contributed by atoms with Crippen LogP contribution in [0, 0.1) is 5.41 Å². The standard InChI is InChI=1S/C10H13FO2/c1-2-4-10(5-3-9(12)13)6-8(11)7-10/h2,6H,1,3-5,7H2,(H,12,13). The molecule has 13 heavy (non-hydrogen) atoms. The lowest BCUT2D eigenvalue weighted by Crippen LogP contribution is -2.26. The normalized spacial score (nSPS) is 26.1. The average molecular weight is 184 g/mol. The number of hydrogen-bond acceptors (Lipinski definition) is 1. The molecule has 0 bridgehead atoms. The van der Waals surface area contributed by atoms with Crippen LogP contribution in [0.4, 0.5) is 4.39 Å². The van der Waals surface area contributed by atoms with Gasteiger partial charge in [0.05, 0.1) is 5.83 Å². The van der Waals surface area contributed by atoms with Gasteiger partial charge in [-0.3, -0.25) is 4.79 Å². The van der Waals surface area contributed by atoms with Crippen molar-refractivity contribution in [1.29, 1.82) is 0 Å². The van der Waals surface area contributed by atoms with Gasteiger partial charge in [0, 0.05) is 18.3 Å². The Morgan fingerprint density at radius 1 is 1.85 bits per heavy atom. The van der Waals surface area contributed by atoms with E-state index in [9.17, 15) is 9.18 Å². The highest BCUT2D eigenvalue weighted by Crippen LogP contribution is 2.46. The van der Waals surface area contributed by atoms with Crippen molar-refractivity contribution < 1.29 is 14.3 Å². The maximum Gasteiger partial charge on any atom is 0.303 e. The van der Waals surface area contributed by atoms with Gasteiger partial charge in [-0.15, -0.1) is 6.58 Å². The SMILES string of the molecule is C=CCC1(CCC(=O)O)C=C(F)C1. The van der Waals surface area contributed by atoms with Crippen LogP contribution in [0.25, 0.3) is 0 Å². The summed E-state index contributed by atoms with van der Waals surface area (Å²) in [5.74, 6) is -0.962. The van der Waals surface area contributed by atoms with Crippen molar-refractivity contribution >= 4 is 5.97 Å². The van der Waals surface area contributed by atoms with Crippen molar-refractivity contribution in [3.05, 3.63) is 24.6 Å². The summed E-state index contributed by atoms with van der Waals surface area (Å²) >= 11 is 0. The molecule has 1 aliphatic carbocycles. The van der Waals surface area contributed by atoms with Crippen molar-refractivity contribution in [3.8, 4) is 0 Å². The van der Waals surface area contributed by atoms with Gasteiger partial charge in [0.1, 0.15) is 0 Å². The number of allylic oxidation sites excluding steroid dienone is 3. The second-order valence-electron chi connectivity index (χ2n) is 3.52. The lowest BCUT2D eigenvalue weighted by Gasteiger charge is -2.35. The second kappa shape index (κ2) is 3.73. The van der Waals surface area contributed by atoms with E-state index >= 15 is 0 Å². The molecule has 0 aromatic heterocycles. The summed E-state index contributed by atoms with van der Waals surface area (Å²) in [6, 6.07) is 0. The van der Waals surface area contributed by atoms with Gasteiger partial charge in [0.2, 0.25) is 0 Å². The Morgan fingerprint density at radius 2 is 2.46 bits per heavy atom. The molecule has 0 saturated carbocycles. The summed E-state index contributed by atoms with van der Waals surface area (Å²) in [5, 5.41) is 8.49. The van der Waals surface area contributed by atoms with Crippen LogP contribution in [0.1, 0.15) is 25.7 Å². The van der Waals surface area contributed by atoms with Gasteiger partial charge in [-0.05, 0) is 18.9 Å². The summed E-state index contributed by atoms with van der Waals surface area (Å²) < 4.78 is 12.5. The highest BCUT2D eigenvalue weighted by Gasteiger charge is 2.36. The van der Waals surface area contributed by atoms with E-state index in [2.05, 4.69) is 6.58 Å². The van der Waals surface area contributed by atoms with Crippen molar-refractivity contribution in [2.45, 2.75) is 25.7 Å². The molecule has 2 nitrogen and oxygen atoms in total. The molecule has 1 aliphatic rings. The number of carboxylic acid groups (broad SMARTS) is 1. The summed E-state index contributed by atoms with van der Waals surface area (Å²) in [6.07, 6.45) is 4.86.